The van der Waals surface area contributed by atoms with Crippen molar-refractivity contribution in [3.8, 4) is 12.3 Å². The summed E-state index contributed by atoms with van der Waals surface area (Å²) < 4.78 is 6.60. The van der Waals surface area contributed by atoms with Crippen molar-refractivity contribution in [2.24, 2.45) is 17.3 Å². The Kier molecular flexibility index (Phi) is 4.76. The minimum absolute atomic E-state index is 0.205. The van der Waals surface area contributed by atoms with E-state index in [1.54, 1.807) is 11.6 Å². The number of aryl methyl sites for hydroxylation is 1. The average molecular weight is 352 g/mol. The van der Waals surface area contributed by atoms with Crippen LogP contribution in [0.25, 0.3) is 10.9 Å². The van der Waals surface area contributed by atoms with Crippen LogP contribution in [0.15, 0.2) is 34.5 Å². The highest BCUT2D eigenvalue weighted by atomic mass is 16.5. The van der Waals surface area contributed by atoms with Gasteiger partial charge in [0.25, 0.3) is 0 Å². The number of carbonyl (C=O) groups excluding carboxylic acids is 2. The zero-order chi connectivity index (χ0) is 18.7. The predicted molar refractivity (Wildman–Crippen MR) is 97.8 cm³/mol. The van der Waals surface area contributed by atoms with Gasteiger partial charge in [0.15, 0.2) is 11.4 Å². The first-order chi connectivity index (χ1) is 12.5. The number of hydrogen-bond acceptors (Lipinski definition) is 5. The highest BCUT2D eigenvalue weighted by Crippen LogP contribution is 2.38. The summed E-state index contributed by atoms with van der Waals surface area (Å²) in [4.78, 5) is 24.7. The van der Waals surface area contributed by atoms with E-state index >= 15 is 0 Å². The van der Waals surface area contributed by atoms with Crippen molar-refractivity contribution in [3.63, 3.8) is 0 Å². The van der Waals surface area contributed by atoms with Crippen LogP contribution in [-0.2, 0) is 16.6 Å². The van der Waals surface area contributed by atoms with Crippen molar-refractivity contribution in [2.75, 3.05) is 12.4 Å². The molecule has 1 aromatic carbocycles. The molecule has 0 fully saturated rings. The number of terminal acetylenes is 1. The standard InChI is InChI=1S/C19H20N4O3/c1-4-5-11-19(21-22-19)12-10-15(24)20-16-13-8-6-7-9-14(13)23(2)17(16)18(25)26-3/h1,6-9H,5,10-12H2,2-3H3,(H,20,24). The Balaban J connectivity index is 1.79. The zero-order valence-electron chi connectivity index (χ0n) is 14.8. The quantitative estimate of drug-likeness (QED) is 0.613. The number of methoxy groups -OCH3 is 1. The molecule has 2 aromatic rings. The van der Waals surface area contributed by atoms with Gasteiger partial charge in [0.05, 0.1) is 18.3 Å². The van der Waals surface area contributed by atoms with Crippen LogP contribution >= 0.6 is 0 Å². The third-order valence-corrected chi connectivity index (χ3v) is 4.56. The predicted octanol–water partition coefficient (Wildman–Crippen LogP) is 3.26. The zero-order valence-corrected chi connectivity index (χ0v) is 14.8. The van der Waals surface area contributed by atoms with Gasteiger partial charge in [-0.15, -0.1) is 12.3 Å². The van der Waals surface area contributed by atoms with E-state index < -0.39 is 11.6 Å². The lowest BCUT2D eigenvalue weighted by molar-refractivity contribution is -0.116. The summed E-state index contributed by atoms with van der Waals surface area (Å²) in [5, 5.41) is 11.7. The first-order valence-electron chi connectivity index (χ1n) is 8.34. The normalized spacial score (nSPS) is 14.0. The SMILES string of the molecule is C#CCCC1(CCC(=O)Nc2c(C(=O)OC)n(C)c3ccccc23)N=N1. The number of benzene rings is 1. The molecule has 2 heterocycles. The molecule has 0 saturated heterocycles. The van der Waals surface area contributed by atoms with E-state index in [-0.39, 0.29) is 12.3 Å². The summed E-state index contributed by atoms with van der Waals surface area (Å²) in [6.45, 7) is 0. The molecule has 26 heavy (non-hydrogen) atoms. The van der Waals surface area contributed by atoms with Gasteiger partial charge in [0, 0.05) is 38.1 Å². The molecular weight excluding hydrogens is 332 g/mol. The first kappa shape index (κ1) is 17.7. The summed E-state index contributed by atoms with van der Waals surface area (Å²) >= 11 is 0. The van der Waals surface area contributed by atoms with Crippen LogP contribution in [0, 0.1) is 12.3 Å². The Labute approximate surface area is 151 Å². The number of para-hydroxylation sites is 1. The third-order valence-electron chi connectivity index (χ3n) is 4.56. The number of rotatable bonds is 7. The minimum Gasteiger partial charge on any atom is -0.464 e. The summed E-state index contributed by atoms with van der Waals surface area (Å²) in [6.07, 6.45) is 7.24. The molecule has 7 nitrogen and oxygen atoms in total. The molecule has 1 aromatic heterocycles. The van der Waals surface area contributed by atoms with Crippen LogP contribution in [0.3, 0.4) is 0 Å². The van der Waals surface area contributed by atoms with Crippen molar-refractivity contribution < 1.29 is 14.3 Å². The highest BCUT2D eigenvalue weighted by molar-refractivity contribution is 6.11. The summed E-state index contributed by atoms with van der Waals surface area (Å²) in [5.41, 5.74) is 1.10. The van der Waals surface area contributed by atoms with Crippen LogP contribution in [0.4, 0.5) is 5.69 Å². The van der Waals surface area contributed by atoms with Crippen LogP contribution < -0.4 is 5.32 Å². The van der Waals surface area contributed by atoms with Crippen LogP contribution in [0.1, 0.15) is 36.2 Å². The molecule has 0 unspecified atom stereocenters. The molecule has 0 spiro atoms. The second-order valence-corrected chi connectivity index (χ2v) is 6.23. The van der Waals surface area contributed by atoms with Crippen molar-refractivity contribution >= 4 is 28.5 Å². The maximum Gasteiger partial charge on any atom is 0.356 e. The molecular formula is C19H20N4O3. The van der Waals surface area contributed by atoms with Gasteiger partial charge in [-0.3, -0.25) is 4.79 Å². The molecule has 7 heteroatoms. The number of amides is 1. The summed E-state index contributed by atoms with van der Waals surface area (Å²) in [5.74, 6) is 1.86. The maximum absolute atomic E-state index is 12.5. The van der Waals surface area contributed by atoms with Gasteiger partial charge in [0.2, 0.25) is 5.91 Å². The molecule has 3 rings (SSSR count). The number of fused-ring (bicyclic) bond motifs is 1. The molecule has 134 valence electrons. The van der Waals surface area contributed by atoms with E-state index in [4.69, 9.17) is 11.2 Å². The summed E-state index contributed by atoms with van der Waals surface area (Å²) in [7, 11) is 3.08. The number of anilines is 1. The van der Waals surface area contributed by atoms with Crippen molar-refractivity contribution in [1.29, 1.82) is 0 Å². The number of ether oxygens (including phenoxy) is 1. The third kappa shape index (κ3) is 3.31. The number of carbonyl (C=O) groups is 2. The minimum atomic E-state index is -0.506. The second-order valence-electron chi connectivity index (χ2n) is 6.23. The van der Waals surface area contributed by atoms with E-state index in [2.05, 4.69) is 21.5 Å². The van der Waals surface area contributed by atoms with Crippen molar-refractivity contribution in [1.82, 2.24) is 4.57 Å². The smallest absolute Gasteiger partial charge is 0.356 e. The Morgan fingerprint density at radius 1 is 1.31 bits per heavy atom. The van der Waals surface area contributed by atoms with Crippen LogP contribution in [-0.4, -0.2) is 29.2 Å². The van der Waals surface area contributed by atoms with Gasteiger partial charge >= 0.3 is 5.97 Å². The molecule has 1 amide bonds. The average Bonchev–Trinajstić information content (AvgIpc) is 3.38. The lowest BCUT2D eigenvalue weighted by atomic mass is 10.0. The molecule has 1 aliphatic heterocycles. The van der Waals surface area contributed by atoms with E-state index in [1.807, 2.05) is 24.3 Å². The number of hydrogen-bond donors (Lipinski definition) is 1. The fourth-order valence-corrected chi connectivity index (χ4v) is 3.04. The molecule has 0 saturated carbocycles. The van der Waals surface area contributed by atoms with Gasteiger partial charge in [-0.05, 0) is 6.07 Å². The van der Waals surface area contributed by atoms with E-state index in [0.717, 1.165) is 10.9 Å². The Bertz CT molecular complexity index is 930. The lowest BCUT2D eigenvalue weighted by Gasteiger charge is -2.10. The number of nitrogens with one attached hydrogen (secondary N) is 1. The molecule has 0 bridgehead atoms. The van der Waals surface area contributed by atoms with Crippen LogP contribution in [0.5, 0.6) is 0 Å². The highest BCUT2D eigenvalue weighted by Gasteiger charge is 2.39. The fraction of sp³-hybridized carbons (Fsp3) is 0.368. The topological polar surface area (TPSA) is 85.0 Å². The Hall–Kier alpha value is -3.14. The molecule has 0 atom stereocenters. The van der Waals surface area contributed by atoms with Gasteiger partial charge < -0.3 is 14.6 Å². The fourth-order valence-electron chi connectivity index (χ4n) is 3.04. The molecule has 1 aliphatic rings. The Morgan fingerprint density at radius 2 is 2.04 bits per heavy atom. The van der Waals surface area contributed by atoms with Crippen molar-refractivity contribution in [3.05, 3.63) is 30.0 Å². The molecule has 1 N–H and O–H groups in total. The maximum atomic E-state index is 12.5. The van der Waals surface area contributed by atoms with Crippen molar-refractivity contribution in [2.45, 2.75) is 31.3 Å². The Morgan fingerprint density at radius 3 is 2.69 bits per heavy atom. The number of nitrogens with zero attached hydrogens (tertiary/aromatic N) is 3. The van der Waals surface area contributed by atoms with E-state index in [9.17, 15) is 9.59 Å². The second kappa shape index (κ2) is 7.00. The van der Waals surface area contributed by atoms with Gasteiger partial charge in [-0.25, -0.2) is 4.79 Å². The molecule has 0 aliphatic carbocycles. The van der Waals surface area contributed by atoms with E-state index in [0.29, 0.717) is 30.6 Å². The van der Waals surface area contributed by atoms with Gasteiger partial charge in [-0.1, -0.05) is 18.2 Å². The van der Waals surface area contributed by atoms with Crippen LogP contribution in [0.2, 0.25) is 0 Å². The largest absolute Gasteiger partial charge is 0.464 e. The van der Waals surface area contributed by atoms with E-state index in [1.165, 1.54) is 7.11 Å². The number of esters is 1. The van der Waals surface area contributed by atoms with Gasteiger partial charge in [0.1, 0.15) is 0 Å². The number of aromatic nitrogens is 1. The first-order valence-corrected chi connectivity index (χ1v) is 8.34. The molecule has 0 radical (unpaired) electrons. The summed E-state index contributed by atoms with van der Waals surface area (Å²) in [6, 6.07) is 7.47. The monoisotopic (exact) mass is 352 g/mol. The lowest BCUT2D eigenvalue weighted by Crippen LogP contribution is -2.19. The van der Waals surface area contributed by atoms with Gasteiger partial charge in [-0.2, -0.15) is 10.2 Å².